The molecular formula is C72H76BN3. The maximum absolute atomic E-state index is 2.80. The summed E-state index contributed by atoms with van der Waals surface area (Å²) in [6.45, 7) is 33.5. The molecule has 0 radical (unpaired) electrons. The summed E-state index contributed by atoms with van der Waals surface area (Å²) in [5.41, 5.74) is 28.7. The molecule has 0 saturated heterocycles. The maximum Gasteiger partial charge on any atom is 0.252 e. The van der Waals surface area contributed by atoms with Crippen LogP contribution in [-0.2, 0) is 27.1 Å². The summed E-state index contributed by atoms with van der Waals surface area (Å²) in [6, 6.07) is 62.3. The minimum Gasteiger partial charge on any atom is -0.334 e. The van der Waals surface area contributed by atoms with Crippen LogP contribution < -0.4 is 31.1 Å². The van der Waals surface area contributed by atoms with Crippen LogP contribution >= 0.6 is 0 Å². The van der Waals surface area contributed by atoms with Gasteiger partial charge >= 0.3 is 0 Å². The number of anilines is 8. The second kappa shape index (κ2) is 16.4. The lowest BCUT2D eigenvalue weighted by Crippen LogP contribution is -2.61. The monoisotopic (exact) mass is 994 g/mol. The van der Waals surface area contributed by atoms with Crippen LogP contribution in [0.2, 0.25) is 0 Å². The fourth-order valence-corrected chi connectivity index (χ4v) is 14.8. The van der Waals surface area contributed by atoms with Crippen LogP contribution in [0.4, 0.5) is 45.5 Å². The number of nitrogens with zero attached hydrogens (tertiary/aromatic N) is 3. The zero-order valence-corrected chi connectivity index (χ0v) is 47.8. The van der Waals surface area contributed by atoms with E-state index < -0.39 is 0 Å². The third-order valence-corrected chi connectivity index (χ3v) is 19.3. The molecule has 0 aromatic heterocycles. The van der Waals surface area contributed by atoms with Crippen LogP contribution in [-0.4, -0.2) is 12.3 Å². The van der Waals surface area contributed by atoms with Crippen LogP contribution in [0, 0.1) is 6.92 Å². The standard InChI is InChI=1S/C72H76BN3/c1-45-39-63-66-64(40-45)75(60-28-22-27-54-65(60)51-25-18-19-26-53(51)70(54,11)12)62-44-50(76-59-36-31-48(68(5,6)7)42-55(59)71(13)37-20-21-38-72(71,76)14)32-34-57(62)73(66)56-33-29-49(69(8,9)10)43-61(56)74(63)58-35-30-47(67(2,3)4)41-52(58)46-23-16-15-17-24-46/h15-19,22-36,39-44H,20-21,37-38H2,1-14H3. The molecule has 0 amide bonds. The molecule has 8 aromatic carbocycles. The van der Waals surface area contributed by atoms with E-state index in [1.165, 1.54) is 142 Å². The second-order valence-corrected chi connectivity index (χ2v) is 27.4. The number of fused-ring (bicyclic) bond motifs is 10. The average Bonchev–Trinajstić information content (AvgIpc) is 3.85. The molecular weight excluding hydrogens is 918 g/mol. The van der Waals surface area contributed by atoms with Gasteiger partial charge in [-0.1, -0.05) is 199 Å². The van der Waals surface area contributed by atoms with Gasteiger partial charge in [0.15, 0.2) is 0 Å². The Morgan fingerprint density at radius 2 is 1.00 bits per heavy atom. The van der Waals surface area contributed by atoms with Crippen LogP contribution in [0.3, 0.4) is 0 Å². The molecule has 4 heteroatoms. The highest BCUT2D eigenvalue weighted by Crippen LogP contribution is 2.62. The molecule has 76 heavy (non-hydrogen) atoms. The summed E-state index contributed by atoms with van der Waals surface area (Å²) in [6.07, 6.45) is 4.83. The number of benzene rings is 8. The molecule has 3 nitrogen and oxygen atoms in total. The Morgan fingerprint density at radius 3 is 1.70 bits per heavy atom. The van der Waals surface area contributed by atoms with Crippen molar-refractivity contribution in [3.8, 4) is 22.3 Å². The van der Waals surface area contributed by atoms with Crippen molar-refractivity contribution in [3.63, 3.8) is 0 Å². The van der Waals surface area contributed by atoms with E-state index in [0.29, 0.717) is 0 Å². The smallest absolute Gasteiger partial charge is 0.252 e. The quantitative estimate of drug-likeness (QED) is 0.163. The highest BCUT2D eigenvalue weighted by atomic mass is 15.3. The zero-order valence-electron chi connectivity index (χ0n) is 47.8. The molecule has 3 aliphatic heterocycles. The van der Waals surface area contributed by atoms with E-state index in [4.69, 9.17) is 0 Å². The van der Waals surface area contributed by atoms with E-state index in [9.17, 15) is 0 Å². The summed E-state index contributed by atoms with van der Waals surface area (Å²) >= 11 is 0. The summed E-state index contributed by atoms with van der Waals surface area (Å²) < 4.78 is 0. The Bertz CT molecular complexity index is 3710. The number of hydrogen-bond donors (Lipinski definition) is 0. The molecule has 1 saturated carbocycles. The summed E-state index contributed by atoms with van der Waals surface area (Å²) in [5.74, 6) is 0. The largest absolute Gasteiger partial charge is 0.334 e. The van der Waals surface area contributed by atoms with Crippen molar-refractivity contribution in [3.05, 3.63) is 197 Å². The molecule has 1 fully saturated rings. The fourth-order valence-electron chi connectivity index (χ4n) is 14.8. The first-order chi connectivity index (χ1) is 36.0. The van der Waals surface area contributed by atoms with E-state index in [2.05, 4.69) is 269 Å². The minimum atomic E-state index is -0.157. The van der Waals surface area contributed by atoms with Crippen molar-refractivity contribution in [1.29, 1.82) is 0 Å². The van der Waals surface area contributed by atoms with Crippen molar-refractivity contribution >= 4 is 68.6 Å². The molecule has 8 aromatic rings. The molecule has 0 spiro atoms. The van der Waals surface area contributed by atoms with Gasteiger partial charge in [0.25, 0.3) is 6.71 Å². The van der Waals surface area contributed by atoms with Crippen LogP contribution in [0.25, 0.3) is 22.3 Å². The Kier molecular flexibility index (Phi) is 10.5. The minimum absolute atomic E-state index is 0.00576. The molecule has 0 bridgehead atoms. The van der Waals surface area contributed by atoms with Crippen molar-refractivity contribution in [2.45, 2.75) is 155 Å². The van der Waals surface area contributed by atoms with E-state index in [1.807, 2.05) is 0 Å². The van der Waals surface area contributed by atoms with Gasteiger partial charge in [-0.25, -0.2) is 0 Å². The van der Waals surface area contributed by atoms with Crippen molar-refractivity contribution < 1.29 is 0 Å². The van der Waals surface area contributed by atoms with Gasteiger partial charge in [-0.3, -0.25) is 0 Å². The lowest BCUT2D eigenvalue weighted by molar-refractivity contribution is 0.195. The molecule has 2 unspecified atom stereocenters. The number of hydrogen-bond acceptors (Lipinski definition) is 3. The summed E-state index contributed by atoms with van der Waals surface area (Å²) in [4.78, 5) is 8.18. The molecule has 382 valence electrons. The first-order valence-electron chi connectivity index (χ1n) is 28.4. The lowest BCUT2D eigenvalue weighted by atomic mass is 9.33. The van der Waals surface area contributed by atoms with Crippen LogP contribution in [0.5, 0.6) is 0 Å². The molecule has 5 aliphatic rings. The van der Waals surface area contributed by atoms with Gasteiger partial charge in [0.1, 0.15) is 0 Å². The highest BCUT2D eigenvalue weighted by molar-refractivity contribution is 7.00. The second-order valence-electron chi connectivity index (χ2n) is 27.4. The predicted octanol–water partition coefficient (Wildman–Crippen LogP) is 17.7. The Hall–Kier alpha value is -6.78. The first kappa shape index (κ1) is 48.8. The third-order valence-electron chi connectivity index (χ3n) is 19.3. The lowest BCUT2D eigenvalue weighted by Gasteiger charge is -2.51. The van der Waals surface area contributed by atoms with Crippen molar-refractivity contribution in [1.82, 2.24) is 0 Å². The maximum atomic E-state index is 2.80. The average molecular weight is 994 g/mol. The highest BCUT2D eigenvalue weighted by Gasteiger charge is 2.58. The zero-order chi connectivity index (χ0) is 53.2. The van der Waals surface area contributed by atoms with Gasteiger partial charge in [0.2, 0.25) is 0 Å². The molecule has 3 heterocycles. The van der Waals surface area contributed by atoms with Crippen molar-refractivity contribution in [2.24, 2.45) is 0 Å². The van der Waals surface area contributed by atoms with E-state index in [0.717, 1.165) is 6.42 Å². The van der Waals surface area contributed by atoms with Crippen LogP contribution in [0.1, 0.15) is 155 Å². The Morgan fingerprint density at radius 1 is 0.434 bits per heavy atom. The molecule has 13 rings (SSSR count). The topological polar surface area (TPSA) is 9.72 Å². The van der Waals surface area contributed by atoms with Gasteiger partial charge in [-0.15, -0.1) is 0 Å². The van der Waals surface area contributed by atoms with E-state index in [1.54, 1.807) is 0 Å². The Balaban J connectivity index is 1.12. The normalized spacial score (nSPS) is 19.9. The van der Waals surface area contributed by atoms with Gasteiger partial charge in [-0.2, -0.15) is 0 Å². The molecule has 2 atom stereocenters. The first-order valence-corrected chi connectivity index (χ1v) is 28.4. The fraction of sp³-hybridized carbons (Fsp3) is 0.333. The third kappa shape index (κ3) is 6.93. The van der Waals surface area contributed by atoms with E-state index in [-0.39, 0.29) is 39.3 Å². The SMILES string of the molecule is Cc1cc2c3c(c1)N(c1cccc4c1-c1ccccc1C4(C)C)c1cc(N4c5ccc(C(C)(C)C)cc5C5(C)CCCCC45C)ccc1B3c1ccc(C(C)(C)C)cc1N2c1ccc(C(C)(C)C)cc1-c1ccccc1. The molecule has 2 aliphatic carbocycles. The van der Waals surface area contributed by atoms with Crippen molar-refractivity contribution in [2.75, 3.05) is 14.7 Å². The Labute approximate surface area is 455 Å². The number of aryl methyl sites for hydroxylation is 1. The molecule has 0 N–H and O–H groups in total. The van der Waals surface area contributed by atoms with Gasteiger partial charge in [0.05, 0.1) is 16.9 Å². The van der Waals surface area contributed by atoms with Crippen LogP contribution in [0.15, 0.2) is 158 Å². The number of rotatable bonds is 4. The summed E-state index contributed by atoms with van der Waals surface area (Å²) in [7, 11) is 0. The van der Waals surface area contributed by atoms with E-state index >= 15 is 0 Å². The van der Waals surface area contributed by atoms with Gasteiger partial charge < -0.3 is 14.7 Å². The van der Waals surface area contributed by atoms with Gasteiger partial charge in [-0.05, 0) is 164 Å². The summed E-state index contributed by atoms with van der Waals surface area (Å²) in [5, 5.41) is 0. The van der Waals surface area contributed by atoms with Gasteiger partial charge in [0, 0.05) is 56.1 Å². The predicted molar refractivity (Wildman–Crippen MR) is 327 cm³/mol.